The highest BCUT2D eigenvalue weighted by Crippen LogP contribution is 2.04. The maximum atomic E-state index is 11.9. The third kappa shape index (κ3) is 3.96. The van der Waals surface area contributed by atoms with Gasteiger partial charge in [0.05, 0.1) is 0 Å². The lowest BCUT2D eigenvalue weighted by Crippen LogP contribution is -2.26. The van der Waals surface area contributed by atoms with Crippen LogP contribution in [0.5, 0.6) is 0 Å². The zero-order valence-electron chi connectivity index (χ0n) is 10.9. The lowest BCUT2D eigenvalue weighted by atomic mass is 10.1. The number of hydrogen-bond acceptors (Lipinski definition) is 2. The van der Waals surface area contributed by atoms with Crippen molar-refractivity contribution in [2.45, 2.75) is 13.0 Å². The smallest absolute Gasteiger partial charge is 0.251 e. The van der Waals surface area contributed by atoms with Gasteiger partial charge < -0.3 is 15.6 Å². The Hall–Kier alpha value is -2.07. The molecule has 100 valence electrons. The lowest BCUT2D eigenvalue weighted by molar-refractivity contribution is 0.0952. The van der Waals surface area contributed by atoms with Gasteiger partial charge in [-0.3, -0.25) is 4.79 Å². The van der Waals surface area contributed by atoms with Crippen molar-refractivity contribution in [1.82, 2.24) is 9.88 Å². The van der Waals surface area contributed by atoms with Crippen molar-refractivity contribution in [3.05, 3.63) is 59.9 Å². The van der Waals surface area contributed by atoms with Gasteiger partial charge in [-0.15, -0.1) is 0 Å². The van der Waals surface area contributed by atoms with Crippen LogP contribution in [-0.4, -0.2) is 23.6 Å². The van der Waals surface area contributed by atoms with E-state index < -0.39 is 0 Å². The molecule has 0 bridgehead atoms. The van der Waals surface area contributed by atoms with Crippen molar-refractivity contribution in [3.63, 3.8) is 0 Å². The predicted octanol–water partition coefficient (Wildman–Crippen LogP) is 1.42. The Balaban J connectivity index is 1.82. The van der Waals surface area contributed by atoms with Crippen molar-refractivity contribution in [2.75, 3.05) is 13.1 Å². The molecular formula is C15H19N3O. The van der Waals surface area contributed by atoms with Crippen LogP contribution in [0.1, 0.15) is 15.9 Å². The molecule has 0 radical (unpaired) electrons. The first-order valence-electron chi connectivity index (χ1n) is 6.47. The lowest BCUT2D eigenvalue weighted by Gasteiger charge is -2.07. The van der Waals surface area contributed by atoms with E-state index in [-0.39, 0.29) is 5.91 Å². The van der Waals surface area contributed by atoms with E-state index in [2.05, 4.69) is 5.32 Å². The van der Waals surface area contributed by atoms with Gasteiger partial charge in [-0.1, -0.05) is 12.1 Å². The van der Waals surface area contributed by atoms with Crippen LogP contribution >= 0.6 is 0 Å². The van der Waals surface area contributed by atoms with E-state index in [1.165, 1.54) is 0 Å². The molecule has 0 atom stereocenters. The van der Waals surface area contributed by atoms with Crippen molar-refractivity contribution >= 4 is 5.91 Å². The summed E-state index contributed by atoms with van der Waals surface area (Å²) in [5, 5.41) is 2.90. The molecule has 3 N–H and O–H groups in total. The highest BCUT2D eigenvalue weighted by atomic mass is 16.1. The number of benzene rings is 1. The number of nitrogens with two attached hydrogens (primary N) is 1. The zero-order valence-corrected chi connectivity index (χ0v) is 10.9. The second-order valence-corrected chi connectivity index (χ2v) is 4.41. The summed E-state index contributed by atoms with van der Waals surface area (Å²) in [4.78, 5) is 11.9. The van der Waals surface area contributed by atoms with Crippen LogP contribution in [0.2, 0.25) is 0 Å². The van der Waals surface area contributed by atoms with Crippen LogP contribution in [0.4, 0.5) is 0 Å². The van der Waals surface area contributed by atoms with Gasteiger partial charge in [0.25, 0.3) is 5.91 Å². The third-order valence-electron chi connectivity index (χ3n) is 2.97. The molecule has 4 nitrogen and oxygen atoms in total. The molecule has 0 spiro atoms. The standard InChI is InChI=1S/C15H19N3O/c16-8-7-13-3-5-14(6-4-13)15(19)17-9-12-18-10-1-2-11-18/h1-6,10-11H,7-9,12,16H2,(H,17,19). The number of aromatic nitrogens is 1. The molecule has 4 heteroatoms. The number of rotatable bonds is 6. The molecule has 2 rings (SSSR count). The number of carbonyl (C=O) groups is 1. The molecule has 0 aliphatic heterocycles. The molecule has 0 saturated heterocycles. The zero-order chi connectivity index (χ0) is 13.5. The summed E-state index contributed by atoms with van der Waals surface area (Å²) in [6, 6.07) is 11.5. The minimum atomic E-state index is -0.0357. The first kappa shape index (κ1) is 13.4. The summed E-state index contributed by atoms with van der Waals surface area (Å²) in [6.07, 6.45) is 4.80. The van der Waals surface area contributed by atoms with Crippen molar-refractivity contribution in [3.8, 4) is 0 Å². The van der Waals surface area contributed by atoms with Crippen LogP contribution in [0.25, 0.3) is 0 Å². The molecule has 0 aliphatic carbocycles. The molecule has 1 aromatic heterocycles. The number of amides is 1. The highest BCUT2D eigenvalue weighted by molar-refractivity contribution is 5.94. The SMILES string of the molecule is NCCc1ccc(C(=O)NCCn2cccc2)cc1. The second-order valence-electron chi connectivity index (χ2n) is 4.41. The first-order chi connectivity index (χ1) is 9.29. The fourth-order valence-corrected chi connectivity index (χ4v) is 1.91. The topological polar surface area (TPSA) is 60.1 Å². The normalized spacial score (nSPS) is 10.4. The minimum absolute atomic E-state index is 0.0357. The highest BCUT2D eigenvalue weighted by Gasteiger charge is 2.04. The van der Waals surface area contributed by atoms with Crippen molar-refractivity contribution < 1.29 is 4.79 Å². The van der Waals surface area contributed by atoms with Crippen LogP contribution < -0.4 is 11.1 Å². The van der Waals surface area contributed by atoms with Crippen LogP contribution in [0.3, 0.4) is 0 Å². The van der Waals surface area contributed by atoms with Crippen LogP contribution in [-0.2, 0) is 13.0 Å². The number of carbonyl (C=O) groups excluding carboxylic acids is 1. The third-order valence-corrected chi connectivity index (χ3v) is 2.97. The Bertz CT molecular complexity index is 503. The van der Waals surface area contributed by atoms with E-state index in [0.717, 1.165) is 18.5 Å². The van der Waals surface area contributed by atoms with Gasteiger partial charge >= 0.3 is 0 Å². The summed E-state index contributed by atoms with van der Waals surface area (Å²) in [6.45, 7) is 2.03. The second kappa shape index (κ2) is 6.75. The number of nitrogens with zero attached hydrogens (tertiary/aromatic N) is 1. The van der Waals surface area contributed by atoms with E-state index in [0.29, 0.717) is 18.7 Å². The van der Waals surface area contributed by atoms with E-state index >= 15 is 0 Å². The van der Waals surface area contributed by atoms with Gasteiger partial charge in [0.1, 0.15) is 0 Å². The van der Waals surface area contributed by atoms with Crippen molar-refractivity contribution in [1.29, 1.82) is 0 Å². The van der Waals surface area contributed by atoms with Gasteiger partial charge in [-0.05, 0) is 42.8 Å². The Morgan fingerprint density at radius 3 is 2.47 bits per heavy atom. The Labute approximate surface area is 113 Å². The summed E-state index contributed by atoms with van der Waals surface area (Å²) < 4.78 is 2.03. The maximum Gasteiger partial charge on any atom is 0.251 e. The van der Waals surface area contributed by atoms with E-state index in [9.17, 15) is 4.79 Å². The molecule has 1 aromatic carbocycles. The monoisotopic (exact) mass is 257 g/mol. The Morgan fingerprint density at radius 1 is 1.16 bits per heavy atom. The largest absolute Gasteiger partial charge is 0.353 e. The summed E-state index contributed by atoms with van der Waals surface area (Å²) >= 11 is 0. The number of nitrogens with one attached hydrogen (secondary N) is 1. The Kier molecular flexibility index (Phi) is 4.75. The molecule has 1 heterocycles. The molecule has 0 fully saturated rings. The van der Waals surface area contributed by atoms with Crippen LogP contribution in [0.15, 0.2) is 48.8 Å². The van der Waals surface area contributed by atoms with E-state index in [1.807, 2.05) is 53.4 Å². The number of hydrogen-bond donors (Lipinski definition) is 2. The Morgan fingerprint density at radius 2 is 1.84 bits per heavy atom. The first-order valence-corrected chi connectivity index (χ1v) is 6.47. The summed E-state index contributed by atoms with van der Waals surface area (Å²) in [7, 11) is 0. The molecule has 19 heavy (non-hydrogen) atoms. The maximum absolute atomic E-state index is 11.9. The van der Waals surface area contributed by atoms with E-state index in [4.69, 9.17) is 5.73 Å². The molecular weight excluding hydrogens is 238 g/mol. The predicted molar refractivity (Wildman–Crippen MR) is 76.0 cm³/mol. The van der Waals surface area contributed by atoms with Gasteiger partial charge in [0.2, 0.25) is 0 Å². The minimum Gasteiger partial charge on any atom is -0.353 e. The molecule has 0 saturated carbocycles. The summed E-state index contributed by atoms with van der Waals surface area (Å²) in [5.41, 5.74) is 7.34. The molecule has 0 aliphatic rings. The fourth-order valence-electron chi connectivity index (χ4n) is 1.91. The average Bonchev–Trinajstić information content (AvgIpc) is 2.93. The van der Waals surface area contributed by atoms with Gasteiger partial charge in [-0.25, -0.2) is 0 Å². The summed E-state index contributed by atoms with van der Waals surface area (Å²) in [5.74, 6) is -0.0357. The quantitative estimate of drug-likeness (QED) is 0.822. The van der Waals surface area contributed by atoms with Gasteiger partial charge in [-0.2, -0.15) is 0 Å². The van der Waals surface area contributed by atoms with Crippen molar-refractivity contribution in [2.24, 2.45) is 5.73 Å². The molecule has 1 amide bonds. The van der Waals surface area contributed by atoms with E-state index in [1.54, 1.807) is 0 Å². The molecule has 2 aromatic rings. The average molecular weight is 257 g/mol. The van der Waals surface area contributed by atoms with Gasteiger partial charge in [0, 0.05) is 31.0 Å². The van der Waals surface area contributed by atoms with Crippen LogP contribution in [0, 0.1) is 0 Å². The van der Waals surface area contributed by atoms with Gasteiger partial charge in [0.15, 0.2) is 0 Å². The molecule has 0 unspecified atom stereocenters. The fraction of sp³-hybridized carbons (Fsp3) is 0.267.